The minimum atomic E-state index is -3.30. The highest BCUT2D eigenvalue weighted by Crippen LogP contribution is 2.48. The van der Waals surface area contributed by atoms with Gasteiger partial charge in [-0.3, -0.25) is 14.1 Å². The molecule has 0 amide bonds. The Morgan fingerprint density at radius 2 is 1.88 bits per heavy atom. The van der Waals surface area contributed by atoms with E-state index in [4.69, 9.17) is 20.6 Å². The van der Waals surface area contributed by atoms with E-state index in [9.17, 15) is 4.57 Å². The van der Waals surface area contributed by atoms with E-state index in [-0.39, 0.29) is 0 Å². The zero-order valence-corrected chi connectivity index (χ0v) is 11.8. The van der Waals surface area contributed by atoms with Crippen molar-refractivity contribution < 1.29 is 13.6 Å². The van der Waals surface area contributed by atoms with E-state index in [1.54, 1.807) is 32.0 Å². The van der Waals surface area contributed by atoms with Gasteiger partial charge in [0.1, 0.15) is 0 Å². The zero-order valence-electron chi connectivity index (χ0n) is 10.2. The number of benzene rings is 1. The van der Waals surface area contributed by atoms with Gasteiger partial charge in [-0.1, -0.05) is 17.7 Å². The largest absolute Gasteiger partial charge is 0.432 e. The van der Waals surface area contributed by atoms with E-state index >= 15 is 0 Å². The molecule has 1 aromatic carbocycles. The van der Waals surface area contributed by atoms with Gasteiger partial charge in [-0.25, -0.2) is 4.57 Å². The Morgan fingerprint density at radius 3 is 2.41 bits per heavy atom. The van der Waals surface area contributed by atoms with Crippen molar-refractivity contribution in [1.29, 1.82) is 0 Å². The molecule has 0 saturated carbocycles. The molecule has 0 aromatic heterocycles. The first-order valence-electron chi connectivity index (χ1n) is 5.45. The molecule has 1 rings (SSSR count). The van der Waals surface area contributed by atoms with Crippen LogP contribution in [0, 0.1) is 6.92 Å². The van der Waals surface area contributed by atoms with Crippen LogP contribution in [-0.2, 0) is 13.6 Å². The second-order valence-electron chi connectivity index (χ2n) is 3.36. The van der Waals surface area contributed by atoms with Crippen LogP contribution in [0.25, 0.3) is 0 Å². The van der Waals surface area contributed by atoms with Gasteiger partial charge in [-0.05, 0) is 38.5 Å². The zero-order chi connectivity index (χ0) is 12.9. The summed E-state index contributed by atoms with van der Waals surface area (Å²) in [4.78, 5) is 0. The number of hydrogen-bond acceptors (Lipinski definition) is 3. The molecule has 0 heterocycles. The predicted octanol–water partition coefficient (Wildman–Crippen LogP) is 4.24. The van der Waals surface area contributed by atoms with Gasteiger partial charge in [-0.2, -0.15) is 0 Å². The molecule has 4 nitrogen and oxygen atoms in total. The molecule has 0 atom stereocenters. The lowest BCUT2D eigenvalue weighted by atomic mass is 10.2. The molecule has 96 valence electrons. The minimum Gasteiger partial charge on any atom is -0.293 e. The summed E-state index contributed by atoms with van der Waals surface area (Å²) in [5, 5.41) is 3.40. The van der Waals surface area contributed by atoms with Crippen molar-refractivity contribution in [2.75, 3.05) is 18.3 Å². The van der Waals surface area contributed by atoms with Crippen LogP contribution in [0.3, 0.4) is 0 Å². The number of nitrogens with one attached hydrogen (secondary N) is 1. The van der Waals surface area contributed by atoms with Crippen molar-refractivity contribution in [3.8, 4) is 0 Å². The Balaban J connectivity index is 2.93. The molecule has 0 saturated heterocycles. The molecule has 1 N–H and O–H groups in total. The Hall–Kier alpha value is -0.540. The molecule has 0 spiro atoms. The molecular weight excluding hydrogens is 261 g/mol. The van der Waals surface area contributed by atoms with Crippen molar-refractivity contribution in [3.05, 3.63) is 28.8 Å². The summed E-state index contributed by atoms with van der Waals surface area (Å²) in [5.41, 5.74) is 1.47. The fourth-order valence-corrected chi connectivity index (χ4v) is 2.91. The third kappa shape index (κ3) is 4.00. The minimum absolute atomic E-state index is 0.309. The molecule has 0 unspecified atom stereocenters. The van der Waals surface area contributed by atoms with Gasteiger partial charge in [0.25, 0.3) is 0 Å². The van der Waals surface area contributed by atoms with Crippen molar-refractivity contribution in [2.24, 2.45) is 0 Å². The fourth-order valence-electron chi connectivity index (χ4n) is 1.32. The maximum Gasteiger partial charge on any atom is 0.432 e. The highest BCUT2D eigenvalue weighted by molar-refractivity contribution is 7.55. The molecule has 0 aliphatic carbocycles. The summed E-state index contributed by atoms with van der Waals surface area (Å²) < 4.78 is 22.5. The molecule has 0 bridgehead atoms. The third-order valence-corrected chi connectivity index (χ3v) is 4.24. The van der Waals surface area contributed by atoms with Crippen LogP contribution in [0.1, 0.15) is 19.4 Å². The quantitative estimate of drug-likeness (QED) is 0.790. The maximum absolute atomic E-state index is 12.2. The first kappa shape index (κ1) is 14.5. The van der Waals surface area contributed by atoms with Crippen LogP contribution < -0.4 is 5.09 Å². The number of rotatable bonds is 6. The Morgan fingerprint density at radius 1 is 1.29 bits per heavy atom. The van der Waals surface area contributed by atoms with Crippen LogP contribution in [-0.4, -0.2) is 13.2 Å². The van der Waals surface area contributed by atoms with Gasteiger partial charge in [0.15, 0.2) is 0 Å². The molecule has 0 aliphatic heterocycles. The number of hydrogen-bond donors (Lipinski definition) is 1. The SMILES string of the molecule is CCOP(=O)(Nc1cccc(Cl)c1C)OCC. The average Bonchev–Trinajstić information content (AvgIpc) is 2.25. The monoisotopic (exact) mass is 277 g/mol. The van der Waals surface area contributed by atoms with E-state index in [0.717, 1.165) is 5.56 Å². The van der Waals surface area contributed by atoms with Gasteiger partial charge in [0.05, 0.1) is 13.2 Å². The van der Waals surface area contributed by atoms with Gasteiger partial charge in [-0.15, -0.1) is 0 Å². The molecule has 0 radical (unpaired) electrons. The summed E-state index contributed by atoms with van der Waals surface area (Å²) in [7, 11) is -3.30. The lowest BCUT2D eigenvalue weighted by molar-refractivity contribution is 0.225. The molecule has 6 heteroatoms. The normalized spacial score (nSPS) is 11.5. The van der Waals surface area contributed by atoms with Crippen LogP contribution in [0.2, 0.25) is 5.02 Å². The summed E-state index contributed by atoms with van der Waals surface area (Å²) in [6, 6.07) is 5.33. The van der Waals surface area contributed by atoms with E-state index in [2.05, 4.69) is 5.09 Å². The van der Waals surface area contributed by atoms with Gasteiger partial charge < -0.3 is 0 Å². The van der Waals surface area contributed by atoms with Crippen molar-refractivity contribution >= 4 is 25.0 Å². The second-order valence-corrected chi connectivity index (χ2v) is 5.50. The van der Waals surface area contributed by atoms with Gasteiger partial charge in [0, 0.05) is 10.7 Å². The first-order chi connectivity index (χ1) is 8.02. The molecule has 0 aliphatic rings. The van der Waals surface area contributed by atoms with Gasteiger partial charge in [0.2, 0.25) is 0 Å². The smallest absolute Gasteiger partial charge is 0.293 e. The lowest BCUT2D eigenvalue weighted by Crippen LogP contribution is -2.06. The average molecular weight is 278 g/mol. The van der Waals surface area contributed by atoms with E-state index < -0.39 is 7.75 Å². The van der Waals surface area contributed by atoms with Crippen molar-refractivity contribution in [3.63, 3.8) is 0 Å². The van der Waals surface area contributed by atoms with E-state index in [1.807, 2.05) is 6.92 Å². The molecule has 0 fully saturated rings. The van der Waals surface area contributed by atoms with Gasteiger partial charge >= 0.3 is 7.75 Å². The van der Waals surface area contributed by atoms with Crippen LogP contribution in [0.15, 0.2) is 18.2 Å². The highest BCUT2D eigenvalue weighted by atomic mass is 35.5. The lowest BCUT2D eigenvalue weighted by Gasteiger charge is -2.20. The first-order valence-corrected chi connectivity index (χ1v) is 7.37. The molecule has 1 aromatic rings. The number of anilines is 1. The summed E-state index contributed by atoms with van der Waals surface area (Å²) >= 11 is 5.99. The predicted molar refractivity (Wildman–Crippen MR) is 70.7 cm³/mol. The van der Waals surface area contributed by atoms with Crippen LogP contribution in [0.5, 0.6) is 0 Å². The second kappa shape index (κ2) is 6.41. The molecule has 17 heavy (non-hydrogen) atoms. The fraction of sp³-hybridized carbons (Fsp3) is 0.455. The van der Waals surface area contributed by atoms with E-state index in [1.165, 1.54) is 0 Å². The third-order valence-electron chi connectivity index (χ3n) is 2.12. The van der Waals surface area contributed by atoms with Crippen LogP contribution in [0.4, 0.5) is 5.69 Å². The van der Waals surface area contributed by atoms with E-state index in [0.29, 0.717) is 23.9 Å². The Bertz CT molecular complexity index is 415. The van der Waals surface area contributed by atoms with Crippen molar-refractivity contribution in [1.82, 2.24) is 0 Å². The Kier molecular flexibility index (Phi) is 5.47. The summed E-state index contributed by atoms with van der Waals surface area (Å²) in [6.45, 7) is 5.98. The standard InChI is InChI=1S/C11H17ClNO3P/c1-4-15-17(14,16-5-2)13-11-8-6-7-10(12)9(11)3/h6-8H,4-5H2,1-3H3,(H,13,14). The number of halogens is 1. The molecular formula is C11H17ClNO3P. The van der Waals surface area contributed by atoms with Crippen molar-refractivity contribution in [2.45, 2.75) is 20.8 Å². The topological polar surface area (TPSA) is 47.6 Å². The summed E-state index contributed by atoms with van der Waals surface area (Å²) in [6.07, 6.45) is 0. The highest BCUT2D eigenvalue weighted by Gasteiger charge is 2.24. The Labute approximate surface area is 107 Å². The summed E-state index contributed by atoms with van der Waals surface area (Å²) in [5.74, 6) is 0. The van der Waals surface area contributed by atoms with Crippen LogP contribution >= 0.6 is 19.3 Å². The maximum atomic E-state index is 12.2.